The number of aryl methyl sites for hydroxylation is 1. The molecule has 2 nitrogen and oxygen atoms in total. The Balaban J connectivity index is 1.43. The number of halogens is 1. The molecule has 2 aromatic carbocycles. The highest BCUT2D eigenvalue weighted by atomic mass is 19.1. The van der Waals surface area contributed by atoms with E-state index in [2.05, 4.69) is 37.3 Å². The van der Waals surface area contributed by atoms with Gasteiger partial charge in [0.2, 0.25) is 0 Å². The molecular weight excluding hydrogens is 447 g/mol. The van der Waals surface area contributed by atoms with Crippen molar-refractivity contribution in [3.63, 3.8) is 0 Å². The first kappa shape index (κ1) is 25.2. The highest BCUT2D eigenvalue weighted by Crippen LogP contribution is 2.44. The summed E-state index contributed by atoms with van der Waals surface area (Å²) in [5, 5.41) is 9.58. The molecule has 3 heteroatoms. The predicted molar refractivity (Wildman–Crippen MR) is 145 cm³/mol. The highest BCUT2D eigenvalue weighted by molar-refractivity contribution is 5.90. The molecule has 3 aliphatic carbocycles. The molecule has 0 spiro atoms. The Morgan fingerprint density at radius 1 is 0.972 bits per heavy atom. The Labute approximate surface area is 216 Å². The molecule has 0 atom stereocenters. The molecule has 0 aromatic heterocycles. The molecule has 0 radical (unpaired) electrons. The molecular formula is C33H41FO2. The molecule has 2 saturated carbocycles. The Hall–Kier alpha value is -2.42. The van der Waals surface area contributed by atoms with Gasteiger partial charge < -0.3 is 5.11 Å². The largest absolute Gasteiger partial charge is 0.478 e. The molecule has 2 aromatic rings. The van der Waals surface area contributed by atoms with E-state index in [4.69, 9.17) is 0 Å². The third-order valence-corrected chi connectivity index (χ3v) is 9.19. The number of hydrogen-bond acceptors (Lipinski definition) is 1. The number of benzene rings is 2. The van der Waals surface area contributed by atoms with Gasteiger partial charge in [-0.3, -0.25) is 4.39 Å². The van der Waals surface area contributed by atoms with E-state index in [1.165, 1.54) is 66.4 Å². The lowest BCUT2D eigenvalue weighted by Crippen LogP contribution is -2.25. The fourth-order valence-electron chi connectivity index (χ4n) is 7.09. The zero-order valence-corrected chi connectivity index (χ0v) is 21.8. The summed E-state index contributed by atoms with van der Waals surface area (Å²) >= 11 is 0. The first-order chi connectivity index (χ1) is 17.5. The molecule has 5 rings (SSSR count). The monoisotopic (exact) mass is 488 g/mol. The van der Waals surface area contributed by atoms with Gasteiger partial charge >= 0.3 is 5.97 Å². The Morgan fingerprint density at radius 3 is 2.42 bits per heavy atom. The number of carboxylic acid groups (broad SMARTS) is 1. The normalized spacial score (nSPS) is 26.2. The van der Waals surface area contributed by atoms with Gasteiger partial charge in [0.1, 0.15) is 0 Å². The summed E-state index contributed by atoms with van der Waals surface area (Å²) < 4.78 is 12.5. The summed E-state index contributed by atoms with van der Waals surface area (Å²) in [5.74, 6) is 2.09. The maximum absolute atomic E-state index is 12.5. The number of fused-ring (bicyclic) bond motifs is 1. The minimum absolute atomic E-state index is 0.179. The van der Waals surface area contributed by atoms with Gasteiger partial charge in [-0.15, -0.1) is 0 Å². The molecule has 3 aliphatic rings. The molecule has 0 bridgehead atoms. The van der Waals surface area contributed by atoms with Crippen LogP contribution in [0.1, 0.15) is 104 Å². The Bertz CT molecular complexity index is 1090. The number of carbonyl (C=O) groups is 1. The molecule has 0 unspecified atom stereocenters. The first-order valence-electron chi connectivity index (χ1n) is 14.3. The van der Waals surface area contributed by atoms with Crippen molar-refractivity contribution in [1.82, 2.24) is 0 Å². The zero-order valence-electron chi connectivity index (χ0n) is 21.8. The van der Waals surface area contributed by atoms with Gasteiger partial charge in [-0.05, 0) is 128 Å². The molecule has 2 fully saturated rings. The highest BCUT2D eigenvalue weighted by Gasteiger charge is 2.30. The van der Waals surface area contributed by atoms with E-state index in [1.807, 2.05) is 6.07 Å². The number of allylic oxidation sites excluding steroid dienone is 1. The lowest BCUT2D eigenvalue weighted by molar-refractivity contribution is 0.0696. The van der Waals surface area contributed by atoms with E-state index >= 15 is 0 Å². The average Bonchev–Trinajstić information content (AvgIpc) is 3.05. The van der Waals surface area contributed by atoms with Gasteiger partial charge in [0.05, 0.1) is 12.2 Å². The number of rotatable bonds is 8. The molecule has 0 aliphatic heterocycles. The van der Waals surface area contributed by atoms with Crippen LogP contribution in [0.2, 0.25) is 0 Å². The summed E-state index contributed by atoms with van der Waals surface area (Å²) in [6, 6.07) is 15.0. The Kier molecular flexibility index (Phi) is 7.93. The van der Waals surface area contributed by atoms with Crippen molar-refractivity contribution in [2.45, 2.75) is 84.0 Å². The second kappa shape index (κ2) is 11.3. The summed E-state index contributed by atoms with van der Waals surface area (Å²) in [4.78, 5) is 11.7. The van der Waals surface area contributed by atoms with Gasteiger partial charge in [-0.2, -0.15) is 0 Å². The minimum Gasteiger partial charge on any atom is -0.478 e. The zero-order chi connectivity index (χ0) is 25.1. The van der Waals surface area contributed by atoms with Crippen molar-refractivity contribution in [3.05, 3.63) is 75.9 Å². The van der Waals surface area contributed by atoms with Crippen molar-refractivity contribution in [2.75, 3.05) is 6.67 Å². The van der Waals surface area contributed by atoms with E-state index in [9.17, 15) is 14.3 Å². The van der Waals surface area contributed by atoms with Gasteiger partial charge in [-0.25, -0.2) is 4.79 Å². The van der Waals surface area contributed by atoms with Crippen molar-refractivity contribution >= 4 is 11.5 Å². The lowest BCUT2D eigenvalue weighted by Gasteiger charge is -2.35. The third kappa shape index (κ3) is 5.61. The molecule has 0 saturated heterocycles. The lowest BCUT2D eigenvalue weighted by atomic mass is 9.70. The summed E-state index contributed by atoms with van der Waals surface area (Å²) in [7, 11) is 0. The van der Waals surface area contributed by atoms with Gasteiger partial charge in [0, 0.05) is 0 Å². The van der Waals surface area contributed by atoms with Crippen LogP contribution in [0, 0.1) is 23.7 Å². The van der Waals surface area contributed by atoms with Crippen LogP contribution in [-0.2, 0) is 12.8 Å². The summed E-state index contributed by atoms with van der Waals surface area (Å²) in [6.07, 6.45) is 13.7. The van der Waals surface area contributed by atoms with Crippen molar-refractivity contribution in [3.8, 4) is 0 Å². The van der Waals surface area contributed by atoms with Crippen molar-refractivity contribution in [2.24, 2.45) is 23.7 Å². The maximum Gasteiger partial charge on any atom is 0.335 e. The van der Waals surface area contributed by atoms with E-state index in [0.717, 1.165) is 56.3 Å². The molecule has 36 heavy (non-hydrogen) atoms. The predicted octanol–water partition coefficient (Wildman–Crippen LogP) is 8.67. The third-order valence-electron chi connectivity index (χ3n) is 9.19. The van der Waals surface area contributed by atoms with Gasteiger partial charge in [0.25, 0.3) is 0 Å². The number of aromatic carboxylic acids is 1. The van der Waals surface area contributed by atoms with Crippen molar-refractivity contribution in [1.29, 1.82) is 0 Å². The second-order valence-electron chi connectivity index (χ2n) is 11.8. The SMILES string of the molecule is CC1CCC(C2=C(c3ccc(CC4CC(CCCF)C4)cc3)c3ccc(C(=O)O)cc3CCC2)CC1. The minimum atomic E-state index is -0.846. The van der Waals surface area contributed by atoms with Crippen LogP contribution in [0.15, 0.2) is 48.0 Å². The fourth-order valence-corrected chi connectivity index (χ4v) is 7.09. The number of carboxylic acids is 1. The van der Waals surface area contributed by atoms with E-state index in [1.54, 1.807) is 11.6 Å². The molecule has 0 amide bonds. The van der Waals surface area contributed by atoms with Crippen LogP contribution >= 0.6 is 0 Å². The average molecular weight is 489 g/mol. The van der Waals surface area contributed by atoms with Crippen LogP contribution in [0.3, 0.4) is 0 Å². The first-order valence-corrected chi connectivity index (χ1v) is 14.3. The van der Waals surface area contributed by atoms with Gasteiger partial charge in [-0.1, -0.05) is 55.7 Å². The molecule has 0 heterocycles. The van der Waals surface area contributed by atoms with Crippen LogP contribution in [-0.4, -0.2) is 17.8 Å². The number of hydrogen-bond donors (Lipinski definition) is 1. The summed E-state index contributed by atoms with van der Waals surface area (Å²) in [6.45, 7) is 2.20. The van der Waals surface area contributed by atoms with Crippen LogP contribution in [0.4, 0.5) is 4.39 Å². The van der Waals surface area contributed by atoms with E-state index < -0.39 is 5.97 Å². The quantitative estimate of drug-likeness (QED) is 0.403. The van der Waals surface area contributed by atoms with Crippen LogP contribution < -0.4 is 0 Å². The smallest absolute Gasteiger partial charge is 0.335 e. The standard InChI is InChI=1S/C33H41FO2/c1-22-7-11-26(12-8-22)30-6-2-5-28-21-29(33(35)36)15-16-31(28)32(30)27-13-9-23(10-14-27)18-25-19-24(20-25)4-3-17-34/h9-10,13-16,21-22,24-26H,2-8,11-12,17-20H2,1H3,(H,35,36). The van der Waals surface area contributed by atoms with Crippen LogP contribution in [0.25, 0.3) is 5.57 Å². The molecule has 192 valence electrons. The van der Waals surface area contributed by atoms with E-state index in [-0.39, 0.29) is 6.67 Å². The Morgan fingerprint density at radius 2 is 1.72 bits per heavy atom. The van der Waals surface area contributed by atoms with Gasteiger partial charge in [0.15, 0.2) is 0 Å². The number of alkyl halides is 1. The van der Waals surface area contributed by atoms with Crippen molar-refractivity contribution < 1.29 is 14.3 Å². The fraction of sp³-hybridized carbons (Fsp3) is 0.545. The topological polar surface area (TPSA) is 37.3 Å². The van der Waals surface area contributed by atoms with E-state index in [0.29, 0.717) is 11.5 Å². The second-order valence-corrected chi connectivity index (χ2v) is 11.8. The molecule has 1 N–H and O–H groups in total. The maximum atomic E-state index is 12.5. The van der Waals surface area contributed by atoms with Crippen LogP contribution in [0.5, 0.6) is 0 Å². The summed E-state index contributed by atoms with van der Waals surface area (Å²) in [5.41, 5.74) is 8.48.